The average molecular weight is 361 g/mol. The van der Waals surface area contributed by atoms with Gasteiger partial charge in [0.05, 0.1) is 11.8 Å². The maximum absolute atomic E-state index is 13.4. The molecule has 0 aliphatic carbocycles. The number of hydrazone groups is 1. The number of halogens is 2. The van der Waals surface area contributed by atoms with Gasteiger partial charge in [0, 0.05) is 23.4 Å². The smallest absolute Gasteiger partial charge is 0.240 e. The van der Waals surface area contributed by atoms with Gasteiger partial charge in [-0.1, -0.05) is 40.2 Å². The van der Waals surface area contributed by atoms with Gasteiger partial charge < -0.3 is 0 Å². The first-order chi connectivity index (χ1) is 10.5. The van der Waals surface area contributed by atoms with Crippen LogP contribution in [0.1, 0.15) is 30.5 Å². The Bertz CT molecular complexity index is 760. The molecule has 2 aromatic carbocycles. The fourth-order valence-electron chi connectivity index (χ4n) is 2.62. The maximum Gasteiger partial charge on any atom is 0.240 e. The number of carbonyl (C=O) groups is 1. The van der Waals surface area contributed by atoms with Crippen molar-refractivity contribution in [3.05, 3.63) is 69.9 Å². The van der Waals surface area contributed by atoms with Crippen LogP contribution in [0.15, 0.2) is 58.1 Å². The summed E-state index contributed by atoms with van der Waals surface area (Å²) in [4.78, 5) is 11.9. The average Bonchev–Trinajstić information content (AvgIpc) is 2.92. The fourth-order valence-corrected chi connectivity index (χ4v) is 3.03. The first kappa shape index (κ1) is 14.9. The predicted octanol–water partition coefficient (Wildman–Crippen LogP) is 4.29. The molecule has 0 unspecified atom stereocenters. The van der Waals surface area contributed by atoms with Gasteiger partial charge in [-0.05, 0) is 29.8 Å². The third kappa shape index (κ3) is 2.95. The molecule has 22 heavy (non-hydrogen) atoms. The molecule has 1 atom stereocenters. The molecule has 0 N–H and O–H groups in total. The van der Waals surface area contributed by atoms with Gasteiger partial charge in [-0.25, -0.2) is 9.40 Å². The zero-order chi connectivity index (χ0) is 15.7. The summed E-state index contributed by atoms with van der Waals surface area (Å²) in [6, 6.07) is 14.0. The van der Waals surface area contributed by atoms with Gasteiger partial charge in [0.2, 0.25) is 5.91 Å². The monoisotopic (exact) mass is 360 g/mol. The van der Waals surface area contributed by atoms with Gasteiger partial charge in [0.15, 0.2) is 0 Å². The Morgan fingerprint density at radius 1 is 1.27 bits per heavy atom. The van der Waals surface area contributed by atoms with Crippen LogP contribution in [0.25, 0.3) is 0 Å². The van der Waals surface area contributed by atoms with Crippen molar-refractivity contribution in [1.82, 2.24) is 5.01 Å². The minimum absolute atomic E-state index is 0.128. The highest BCUT2D eigenvalue weighted by atomic mass is 79.9. The Morgan fingerprint density at radius 3 is 2.73 bits per heavy atom. The number of benzene rings is 2. The summed E-state index contributed by atoms with van der Waals surface area (Å²) in [5.74, 6) is -0.433. The SMILES string of the molecule is CC(=O)N1N=C(c2cccc(F)c2)C[C@@H]1c1cccc(Br)c1. The van der Waals surface area contributed by atoms with E-state index in [4.69, 9.17) is 0 Å². The van der Waals surface area contributed by atoms with Crippen LogP contribution in [0.3, 0.4) is 0 Å². The summed E-state index contributed by atoms with van der Waals surface area (Å²) >= 11 is 3.45. The minimum Gasteiger partial charge on any atom is -0.273 e. The van der Waals surface area contributed by atoms with Crippen LogP contribution in [0.5, 0.6) is 0 Å². The van der Waals surface area contributed by atoms with Crippen molar-refractivity contribution in [2.45, 2.75) is 19.4 Å². The van der Waals surface area contributed by atoms with Crippen LogP contribution in [-0.2, 0) is 4.79 Å². The molecular weight excluding hydrogens is 347 g/mol. The standard InChI is InChI=1S/C17H14BrFN2O/c1-11(22)21-17(13-5-2-6-14(18)8-13)10-16(20-21)12-4-3-7-15(19)9-12/h2-9,17H,10H2,1H3/t17-/m1/s1. The van der Waals surface area contributed by atoms with Crippen molar-refractivity contribution in [3.63, 3.8) is 0 Å². The molecule has 0 fully saturated rings. The second-order valence-electron chi connectivity index (χ2n) is 5.20. The largest absolute Gasteiger partial charge is 0.273 e. The van der Waals surface area contributed by atoms with Crippen LogP contribution in [0.4, 0.5) is 4.39 Å². The molecule has 0 radical (unpaired) electrons. The molecule has 5 heteroatoms. The summed E-state index contributed by atoms with van der Waals surface area (Å²) in [6.45, 7) is 1.49. The van der Waals surface area contributed by atoms with Gasteiger partial charge in [-0.2, -0.15) is 5.10 Å². The van der Waals surface area contributed by atoms with Crippen LogP contribution < -0.4 is 0 Å². The fraction of sp³-hybridized carbons (Fsp3) is 0.176. The molecule has 112 valence electrons. The number of amides is 1. The second-order valence-corrected chi connectivity index (χ2v) is 6.11. The third-order valence-electron chi connectivity index (χ3n) is 3.62. The predicted molar refractivity (Wildman–Crippen MR) is 87.0 cm³/mol. The lowest BCUT2D eigenvalue weighted by molar-refractivity contribution is -0.130. The van der Waals surface area contributed by atoms with E-state index < -0.39 is 0 Å². The van der Waals surface area contributed by atoms with Crippen molar-refractivity contribution in [2.24, 2.45) is 5.10 Å². The molecule has 0 aromatic heterocycles. The lowest BCUT2D eigenvalue weighted by atomic mass is 9.98. The van der Waals surface area contributed by atoms with E-state index >= 15 is 0 Å². The molecule has 0 bridgehead atoms. The first-order valence-electron chi connectivity index (χ1n) is 6.93. The molecule has 0 spiro atoms. The summed E-state index contributed by atoms with van der Waals surface area (Å²) in [7, 11) is 0. The lowest BCUT2D eigenvalue weighted by Gasteiger charge is -2.20. The number of carbonyl (C=O) groups excluding carboxylic acids is 1. The van der Waals surface area contributed by atoms with Crippen molar-refractivity contribution < 1.29 is 9.18 Å². The van der Waals surface area contributed by atoms with Crippen molar-refractivity contribution in [1.29, 1.82) is 0 Å². The maximum atomic E-state index is 13.4. The number of hydrogen-bond acceptors (Lipinski definition) is 2. The van der Waals surface area contributed by atoms with E-state index in [2.05, 4.69) is 21.0 Å². The Hall–Kier alpha value is -2.01. The van der Waals surface area contributed by atoms with Gasteiger partial charge in [-0.3, -0.25) is 4.79 Å². The van der Waals surface area contributed by atoms with Crippen LogP contribution in [0.2, 0.25) is 0 Å². The highest BCUT2D eigenvalue weighted by molar-refractivity contribution is 9.10. The van der Waals surface area contributed by atoms with Crippen LogP contribution >= 0.6 is 15.9 Å². The van der Waals surface area contributed by atoms with E-state index in [-0.39, 0.29) is 17.8 Å². The molecule has 0 saturated carbocycles. The van der Waals surface area contributed by atoms with Crippen molar-refractivity contribution >= 4 is 27.5 Å². The van der Waals surface area contributed by atoms with E-state index in [0.29, 0.717) is 12.0 Å². The van der Waals surface area contributed by atoms with Gasteiger partial charge >= 0.3 is 0 Å². The van der Waals surface area contributed by atoms with E-state index in [1.807, 2.05) is 30.3 Å². The third-order valence-corrected chi connectivity index (χ3v) is 4.12. The topological polar surface area (TPSA) is 32.7 Å². The van der Waals surface area contributed by atoms with Gasteiger partial charge in [0.1, 0.15) is 5.82 Å². The molecule has 1 aliphatic heterocycles. The number of nitrogens with zero attached hydrogens (tertiary/aromatic N) is 2. The summed E-state index contributed by atoms with van der Waals surface area (Å²) in [5.41, 5.74) is 2.43. The van der Waals surface area contributed by atoms with E-state index in [0.717, 1.165) is 15.7 Å². The lowest BCUT2D eigenvalue weighted by Crippen LogP contribution is -2.24. The molecule has 2 aromatic rings. The van der Waals surface area contributed by atoms with Crippen molar-refractivity contribution in [3.8, 4) is 0 Å². The van der Waals surface area contributed by atoms with Crippen molar-refractivity contribution in [2.75, 3.05) is 0 Å². The quantitative estimate of drug-likeness (QED) is 0.786. The van der Waals surface area contributed by atoms with E-state index in [1.165, 1.54) is 24.1 Å². The molecule has 1 aliphatic rings. The Morgan fingerprint density at radius 2 is 2.05 bits per heavy atom. The van der Waals surface area contributed by atoms with Crippen LogP contribution in [0, 0.1) is 5.82 Å². The molecule has 0 saturated heterocycles. The molecule has 3 rings (SSSR count). The minimum atomic E-state index is -0.305. The summed E-state index contributed by atoms with van der Waals surface area (Å²) < 4.78 is 14.4. The second kappa shape index (κ2) is 6.01. The number of rotatable bonds is 2. The molecule has 3 nitrogen and oxygen atoms in total. The molecule has 1 amide bonds. The number of hydrogen-bond donors (Lipinski definition) is 0. The first-order valence-corrected chi connectivity index (χ1v) is 7.72. The molecule has 1 heterocycles. The van der Waals surface area contributed by atoms with E-state index in [9.17, 15) is 9.18 Å². The molecular formula is C17H14BrFN2O. The zero-order valence-corrected chi connectivity index (χ0v) is 13.5. The highest BCUT2D eigenvalue weighted by Crippen LogP contribution is 2.33. The normalized spacial score (nSPS) is 17.5. The Kier molecular flexibility index (Phi) is 4.07. The van der Waals surface area contributed by atoms with E-state index in [1.54, 1.807) is 6.07 Å². The van der Waals surface area contributed by atoms with Gasteiger partial charge in [-0.15, -0.1) is 0 Å². The van der Waals surface area contributed by atoms with Crippen LogP contribution in [-0.4, -0.2) is 16.6 Å². The zero-order valence-electron chi connectivity index (χ0n) is 12.0. The Balaban J connectivity index is 1.96. The Labute approximate surface area is 136 Å². The summed E-state index contributed by atoms with van der Waals surface area (Å²) in [6.07, 6.45) is 0.569. The summed E-state index contributed by atoms with van der Waals surface area (Å²) in [5, 5.41) is 5.88. The highest BCUT2D eigenvalue weighted by Gasteiger charge is 2.31. The van der Waals surface area contributed by atoms with Gasteiger partial charge in [0.25, 0.3) is 0 Å².